The van der Waals surface area contributed by atoms with Gasteiger partial charge in [-0.15, -0.1) is 0 Å². The Hall–Kier alpha value is -4.12. The molecule has 1 fully saturated rings. The van der Waals surface area contributed by atoms with Gasteiger partial charge >= 0.3 is 0 Å². The monoisotopic (exact) mass is 533 g/mol. The summed E-state index contributed by atoms with van der Waals surface area (Å²) in [5.41, 5.74) is 3.31. The molecule has 0 atom stereocenters. The van der Waals surface area contributed by atoms with E-state index in [1.165, 1.54) is 17.6 Å². The molecule has 0 bridgehead atoms. The van der Waals surface area contributed by atoms with Crippen LogP contribution in [-0.4, -0.2) is 48.6 Å². The summed E-state index contributed by atoms with van der Waals surface area (Å²) < 4.78 is 25.5. The molecular weight excluding hydrogens is 502 g/mol. The Kier molecular flexibility index (Phi) is 7.19. The minimum atomic E-state index is -3.41. The smallest absolute Gasteiger partial charge is 0.251 e. The van der Waals surface area contributed by atoms with Crippen molar-refractivity contribution in [3.8, 4) is 0 Å². The van der Waals surface area contributed by atoms with Gasteiger partial charge in [0.1, 0.15) is 11.5 Å². The lowest BCUT2D eigenvalue weighted by Gasteiger charge is -2.20. The van der Waals surface area contributed by atoms with E-state index in [9.17, 15) is 13.2 Å². The maximum atomic E-state index is 12.7. The molecule has 10 nitrogen and oxygen atoms in total. The average molecular weight is 534 g/mol. The van der Waals surface area contributed by atoms with Gasteiger partial charge in [0.05, 0.1) is 17.3 Å². The van der Waals surface area contributed by atoms with E-state index < -0.39 is 10.0 Å². The predicted octanol–water partition coefficient (Wildman–Crippen LogP) is 4.38. The first-order chi connectivity index (χ1) is 18.3. The molecule has 11 heteroatoms. The predicted molar refractivity (Wildman–Crippen MR) is 150 cm³/mol. The number of carbonyl (C=O) groups excluding carboxylic acids is 1. The maximum Gasteiger partial charge on any atom is 0.251 e. The van der Waals surface area contributed by atoms with Crippen molar-refractivity contribution in [3.05, 3.63) is 71.9 Å². The number of fused-ring (bicyclic) bond motifs is 1. The quantitative estimate of drug-likeness (QED) is 0.251. The fourth-order valence-electron chi connectivity index (χ4n) is 4.66. The fraction of sp³-hybridized carbons (Fsp3) is 0.296. The summed E-state index contributed by atoms with van der Waals surface area (Å²) in [5.74, 6) is 0.865. The van der Waals surface area contributed by atoms with Crippen molar-refractivity contribution in [3.63, 3.8) is 0 Å². The molecule has 4 aromatic rings. The summed E-state index contributed by atoms with van der Waals surface area (Å²) in [6, 6.07) is 16.7. The zero-order valence-electron chi connectivity index (χ0n) is 21.4. The number of nitrogens with zero attached hydrogens (tertiary/aromatic N) is 3. The highest BCUT2D eigenvalue weighted by molar-refractivity contribution is 7.92. The molecule has 1 amide bonds. The lowest BCUT2D eigenvalue weighted by molar-refractivity contribution is 0.0938. The molecule has 2 aromatic carbocycles. The second-order valence-electron chi connectivity index (χ2n) is 9.51. The largest absolute Gasteiger partial charge is 0.365 e. The van der Waals surface area contributed by atoms with Gasteiger partial charge in [-0.2, -0.15) is 9.97 Å². The van der Waals surface area contributed by atoms with E-state index in [4.69, 9.17) is 0 Å². The minimum absolute atomic E-state index is 0.0821. The lowest BCUT2D eigenvalue weighted by atomic mass is 10.1. The van der Waals surface area contributed by atoms with Gasteiger partial charge < -0.3 is 20.9 Å². The Balaban J connectivity index is 1.36. The fourth-order valence-corrected chi connectivity index (χ4v) is 5.20. The SMILES string of the molecule is CN(c1ccccc1CNc1nc(Nc2cccc(C(=O)NC3CCCC3)c2)nc2[nH]ccc12)S(C)(=O)=O. The number of benzene rings is 2. The zero-order valence-corrected chi connectivity index (χ0v) is 22.2. The van der Waals surface area contributed by atoms with Crippen molar-refractivity contribution in [2.24, 2.45) is 0 Å². The number of aromatic nitrogens is 3. The van der Waals surface area contributed by atoms with Crippen molar-refractivity contribution < 1.29 is 13.2 Å². The van der Waals surface area contributed by atoms with Crippen molar-refractivity contribution in [1.29, 1.82) is 0 Å². The van der Waals surface area contributed by atoms with Gasteiger partial charge in [-0.3, -0.25) is 9.10 Å². The highest BCUT2D eigenvalue weighted by Crippen LogP contribution is 2.26. The minimum Gasteiger partial charge on any atom is -0.365 e. The topological polar surface area (TPSA) is 132 Å². The van der Waals surface area contributed by atoms with Gasteiger partial charge in [0.2, 0.25) is 16.0 Å². The number of carbonyl (C=O) groups is 1. The van der Waals surface area contributed by atoms with Gasteiger partial charge in [0.15, 0.2) is 0 Å². The molecule has 4 N–H and O–H groups in total. The van der Waals surface area contributed by atoms with Crippen LogP contribution in [0.5, 0.6) is 0 Å². The van der Waals surface area contributed by atoms with Crippen molar-refractivity contribution in [2.45, 2.75) is 38.3 Å². The van der Waals surface area contributed by atoms with Gasteiger partial charge in [-0.25, -0.2) is 8.42 Å². The third-order valence-electron chi connectivity index (χ3n) is 6.76. The number of anilines is 4. The second kappa shape index (κ2) is 10.7. The Morgan fingerprint density at radius 1 is 1.08 bits per heavy atom. The number of sulfonamides is 1. The van der Waals surface area contributed by atoms with Crippen LogP contribution in [0, 0.1) is 0 Å². The number of aromatic amines is 1. The normalized spacial score (nSPS) is 13.9. The second-order valence-corrected chi connectivity index (χ2v) is 11.5. The summed E-state index contributed by atoms with van der Waals surface area (Å²) in [4.78, 5) is 25.1. The van der Waals surface area contributed by atoms with Crippen LogP contribution in [-0.2, 0) is 16.6 Å². The third kappa shape index (κ3) is 5.72. The van der Waals surface area contributed by atoms with Gasteiger partial charge in [0.25, 0.3) is 5.91 Å². The first kappa shape index (κ1) is 25.5. The molecule has 5 rings (SSSR count). The summed E-state index contributed by atoms with van der Waals surface area (Å²) >= 11 is 0. The van der Waals surface area contributed by atoms with E-state index in [-0.39, 0.29) is 11.9 Å². The van der Waals surface area contributed by atoms with Crippen LogP contribution >= 0.6 is 0 Å². The van der Waals surface area contributed by atoms with Crippen LogP contribution in [0.4, 0.5) is 23.1 Å². The number of nitrogens with one attached hydrogen (secondary N) is 4. The summed E-state index contributed by atoms with van der Waals surface area (Å²) in [6.07, 6.45) is 7.32. The summed E-state index contributed by atoms with van der Waals surface area (Å²) in [5, 5.41) is 10.5. The molecular formula is C27H31N7O3S. The van der Waals surface area contributed by atoms with Crippen LogP contribution in [0.1, 0.15) is 41.6 Å². The van der Waals surface area contributed by atoms with Crippen LogP contribution in [0.25, 0.3) is 11.0 Å². The molecule has 1 saturated carbocycles. The summed E-state index contributed by atoms with van der Waals surface area (Å²) in [7, 11) is -1.87. The molecule has 1 aliphatic rings. The van der Waals surface area contributed by atoms with E-state index in [0.717, 1.165) is 36.6 Å². The van der Waals surface area contributed by atoms with Crippen molar-refractivity contribution >= 4 is 50.1 Å². The van der Waals surface area contributed by atoms with Gasteiger partial charge in [0, 0.05) is 37.1 Å². The molecule has 1 aliphatic carbocycles. The van der Waals surface area contributed by atoms with Crippen LogP contribution in [0.2, 0.25) is 0 Å². The van der Waals surface area contributed by atoms with Crippen molar-refractivity contribution in [1.82, 2.24) is 20.3 Å². The van der Waals surface area contributed by atoms with Gasteiger partial charge in [-0.1, -0.05) is 37.1 Å². The molecule has 0 aliphatic heterocycles. The molecule has 38 heavy (non-hydrogen) atoms. The van der Waals surface area contributed by atoms with Crippen LogP contribution < -0.4 is 20.3 Å². The van der Waals surface area contributed by atoms with E-state index in [2.05, 4.69) is 30.9 Å². The molecule has 198 valence electrons. The first-order valence-corrected chi connectivity index (χ1v) is 14.4. The van der Waals surface area contributed by atoms with E-state index >= 15 is 0 Å². The number of H-pyrrole nitrogens is 1. The lowest BCUT2D eigenvalue weighted by Crippen LogP contribution is -2.32. The average Bonchev–Trinajstić information content (AvgIpc) is 3.59. The Morgan fingerprint density at radius 3 is 2.66 bits per heavy atom. The number of amides is 1. The Bertz CT molecular complexity index is 1560. The van der Waals surface area contributed by atoms with Crippen LogP contribution in [0.3, 0.4) is 0 Å². The molecule has 0 unspecified atom stereocenters. The number of hydrogen-bond acceptors (Lipinski definition) is 7. The number of hydrogen-bond donors (Lipinski definition) is 4. The summed E-state index contributed by atoms with van der Waals surface area (Å²) in [6.45, 7) is 0.351. The zero-order chi connectivity index (χ0) is 26.7. The van der Waals surface area contributed by atoms with Crippen LogP contribution in [0.15, 0.2) is 60.8 Å². The molecule has 2 aromatic heterocycles. The van der Waals surface area contributed by atoms with E-state index in [1.54, 1.807) is 30.5 Å². The van der Waals surface area contributed by atoms with E-state index in [0.29, 0.717) is 40.9 Å². The van der Waals surface area contributed by atoms with Crippen molar-refractivity contribution in [2.75, 3.05) is 28.2 Å². The van der Waals surface area contributed by atoms with E-state index in [1.807, 2.05) is 30.3 Å². The highest BCUT2D eigenvalue weighted by Gasteiger charge is 2.19. The molecule has 2 heterocycles. The molecule has 0 spiro atoms. The molecule has 0 saturated heterocycles. The Morgan fingerprint density at radius 2 is 1.87 bits per heavy atom. The van der Waals surface area contributed by atoms with Gasteiger partial charge in [-0.05, 0) is 48.7 Å². The molecule has 0 radical (unpaired) electrons. The maximum absolute atomic E-state index is 12.7. The standard InChI is InChI=1S/C27H31N7O3S/c1-34(38(2,36)37)23-13-6-3-8-19(23)17-29-25-22-14-15-28-24(22)32-27(33-25)31-21-12-7-9-18(16-21)26(35)30-20-10-4-5-11-20/h3,6-9,12-16,20H,4-5,10-11,17H2,1-2H3,(H,30,35)(H3,28,29,31,32,33). The first-order valence-electron chi connectivity index (χ1n) is 12.6. The Labute approximate surface area is 221 Å². The number of rotatable bonds is 9. The highest BCUT2D eigenvalue weighted by atomic mass is 32.2. The third-order valence-corrected chi connectivity index (χ3v) is 7.95. The number of para-hydroxylation sites is 1.